The summed E-state index contributed by atoms with van der Waals surface area (Å²) in [6.45, 7) is 7.19. The summed E-state index contributed by atoms with van der Waals surface area (Å²) in [5, 5.41) is 3.02. The zero-order chi connectivity index (χ0) is 21.1. The van der Waals surface area contributed by atoms with Crippen LogP contribution in [0.15, 0.2) is 53.4 Å². The van der Waals surface area contributed by atoms with Gasteiger partial charge >= 0.3 is 0 Å². The Bertz CT molecular complexity index is 943. The fraction of sp³-hybridized carbons (Fsp3) is 0.435. The van der Waals surface area contributed by atoms with Crippen LogP contribution in [-0.4, -0.2) is 31.7 Å². The van der Waals surface area contributed by atoms with Crippen LogP contribution < -0.4 is 5.32 Å². The van der Waals surface area contributed by atoms with Crippen molar-refractivity contribution < 1.29 is 13.2 Å². The van der Waals surface area contributed by atoms with Gasteiger partial charge in [-0.1, -0.05) is 55.8 Å². The van der Waals surface area contributed by atoms with Gasteiger partial charge in [0.05, 0.1) is 4.90 Å². The van der Waals surface area contributed by atoms with E-state index in [0.717, 1.165) is 17.5 Å². The number of carbonyl (C=O) groups excluding carboxylic acids is 1. The number of piperidine rings is 1. The number of hydrogen-bond acceptors (Lipinski definition) is 3. The maximum Gasteiger partial charge on any atom is 0.243 e. The Labute approximate surface area is 174 Å². The van der Waals surface area contributed by atoms with Gasteiger partial charge in [-0.05, 0) is 49.4 Å². The van der Waals surface area contributed by atoms with Crippen LogP contribution >= 0.6 is 0 Å². The van der Waals surface area contributed by atoms with Gasteiger partial charge in [0.15, 0.2) is 0 Å². The first-order valence-electron chi connectivity index (χ1n) is 10.2. The predicted molar refractivity (Wildman–Crippen MR) is 115 cm³/mol. The quantitative estimate of drug-likeness (QED) is 0.784. The Morgan fingerprint density at radius 1 is 1.00 bits per heavy atom. The van der Waals surface area contributed by atoms with Gasteiger partial charge in [0.25, 0.3) is 0 Å². The molecule has 2 aromatic rings. The second-order valence-corrected chi connectivity index (χ2v) is 10.1. The van der Waals surface area contributed by atoms with Gasteiger partial charge in [-0.3, -0.25) is 4.79 Å². The molecule has 6 heteroatoms. The molecule has 0 spiro atoms. The van der Waals surface area contributed by atoms with E-state index in [2.05, 4.69) is 5.32 Å². The van der Waals surface area contributed by atoms with Crippen LogP contribution in [0.1, 0.15) is 43.4 Å². The number of carbonyl (C=O) groups is 1. The minimum atomic E-state index is -3.52. The molecule has 1 aliphatic heterocycles. The lowest BCUT2D eigenvalue weighted by atomic mass is 9.80. The molecule has 1 fully saturated rings. The minimum Gasteiger partial charge on any atom is -0.352 e. The van der Waals surface area contributed by atoms with Crippen LogP contribution in [0.5, 0.6) is 0 Å². The smallest absolute Gasteiger partial charge is 0.243 e. The molecule has 3 rings (SSSR count). The highest BCUT2D eigenvalue weighted by molar-refractivity contribution is 7.89. The van der Waals surface area contributed by atoms with Crippen LogP contribution in [0.25, 0.3) is 0 Å². The van der Waals surface area contributed by atoms with Gasteiger partial charge in [-0.2, -0.15) is 4.31 Å². The summed E-state index contributed by atoms with van der Waals surface area (Å²) in [5.74, 6) is -0.0116. The van der Waals surface area contributed by atoms with E-state index in [0.29, 0.717) is 37.4 Å². The van der Waals surface area contributed by atoms with Crippen molar-refractivity contribution in [3.05, 3.63) is 65.2 Å². The van der Waals surface area contributed by atoms with Gasteiger partial charge in [0.2, 0.25) is 15.9 Å². The van der Waals surface area contributed by atoms with E-state index in [-0.39, 0.29) is 5.91 Å². The van der Waals surface area contributed by atoms with Crippen LogP contribution in [0.2, 0.25) is 0 Å². The first-order chi connectivity index (χ1) is 13.7. The van der Waals surface area contributed by atoms with Gasteiger partial charge in [0.1, 0.15) is 0 Å². The molecular formula is C23H30N2O3S. The molecule has 0 atom stereocenters. The number of aryl methyl sites for hydroxylation is 2. The molecule has 0 aromatic heterocycles. The van der Waals surface area contributed by atoms with Crippen molar-refractivity contribution in [1.29, 1.82) is 0 Å². The molecule has 0 saturated carbocycles. The predicted octanol–water partition coefficient (Wildman–Crippen LogP) is 3.66. The Morgan fingerprint density at radius 3 is 2.10 bits per heavy atom. The zero-order valence-corrected chi connectivity index (χ0v) is 18.3. The van der Waals surface area contributed by atoms with Crippen molar-refractivity contribution in [3.8, 4) is 0 Å². The molecule has 1 saturated heterocycles. The molecule has 0 bridgehead atoms. The van der Waals surface area contributed by atoms with E-state index in [4.69, 9.17) is 0 Å². The van der Waals surface area contributed by atoms with Crippen molar-refractivity contribution in [2.75, 3.05) is 13.1 Å². The molecule has 0 radical (unpaired) electrons. The van der Waals surface area contributed by atoms with E-state index >= 15 is 0 Å². The Kier molecular flexibility index (Phi) is 6.44. The Balaban J connectivity index is 1.60. The molecule has 29 heavy (non-hydrogen) atoms. The van der Waals surface area contributed by atoms with Crippen molar-refractivity contribution >= 4 is 15.9 Å². The molecule has 5 nitrogen and oxygen atoms in total. The van der Waals surface area contributed by atoms with Gasteiger partial charge < -0.3 is 5.32 Å². The number of rotatable bonds is 6. The highest BCUT2D eigenvalue weighted by Crippen LogP contribution is 2.33. The minimum absolute atomic E-state index is 0.0116. The molecule has 1 N–H and O–H groups in total. The van der Waals surface area contributed by atoms with E-state index in [1.165, 1.54) is 9.87 Å². The van der Waals surface area contributed by atoms with E-state index in [1.54, 1.807) is 12.1 Å². The second kappa shape index (κ2) is 8.67. The highest BCUT2D eigenvalue weighted by atomic mass is 32.2. The maximum atomic E-state index is 12.9. The molecular weight excluding hydrogens is 384 g/mol. The van der Waals surface area contributed by atoms with Crippen molar-refractivity contribution in [2.45, 2.75) is 51.5 Å². The first kappa shape index (κ1) is 21.5. The fourth-order valence-electron chi connectivity index (χ4n) is 3.60. The van der Waals surface area contributed by atoms with Crippen molar-refractivity contribution in [1.82, 2.24) is 9.62 Å². The maximum absolute atomic E-state index is 12.9. The van der Waals surface area contributed by atoms with Gasteiger partial charge in [-0.25, -0.2) is 8.42 Å². The van der Waals surface area contributed by atoms with Crippen LogP contribution in [0.3, 0.4) is 0 Å². The topological polar surface area (TPSA) is 66.5 Å². The molecule has 1 heterocycles. The summed E-state index contributed by atoms with van der Waals surface area (Å²) in [4.78, 5) is 13.1. The first-order valence-corrected chi connectivity index (χ1v) is 11.6. The highest BCUT2D eigenvalue weighted by Gasteiger charge is 2.40. The molecule has 1 amide bonds. The largest absolute Gasteiger partial charge is 0.352 e. The average Bonchev–Trinajstić information content (AvgIpc) is 2.73. The third kappa shape index (κ3) is 4.87. The zero-order valence-electron chi connectivity index (χ0n) is 17.4. The number of sulfonamides is 1. The second-order valence-electron chi connectivity index (χ2n) is 8.13. The van der Waals surface area contributed by atoms with Crippen LogP contribution in [0.4, 0.5) is 0 Å². The van der Waals surface area contributed by atoms with Gasteiger partial charge in [0, 0.05) is 25.0 Å². The molecule has 0 aliphatic carbocycles. The van der Waals surface area contributed by atoms with E-state index in [9.17, 15) is 13.2 Å². The SMILES string of the molecule is CCc1ccc(S(=O)(=O)N2CCC(C)(C(=O)NCc3ccc(C)cc3)CC2)cc1. The molecule has 2 aromatic carbocycles. The monoisotopic (exact) mass is 414 g/mol. The lowest BCUT2D eigenvalue weighted by Crippen LogP contribution is -2.48. The van der Waals surface area contributed by atoms with Crippen LogP contribution in [-0.2, 0) is 27.8 Å². The van der Waals surface area contributed by atoms with E-state index in [1.807, 2.05) is 57.2 Å². The summed E-state index contributed by atoms with van der Waals surface area (Å²) in [5.41, 5.74) is 2.80. The average molecular weight is 415 g/mol. The summed E-state index contributed by atoms with van der Waals surface area (Å²) in [6, 6.07) is 15.2. The van der Waals surface area contributed by atoms with Crippen molar-refractivity contribution in [2.24, 2.45) is 5.41 Å². The molecule has 1 aliphatic rings. The van der Waals surface area contributed by atoms with E-state index < -0.39 is 15.4 Å². The molecule has 156 valence electrons. The Morgan fingerprint density at radius 2 is 1.55 bits per heavy atom. The third-order valence-corrected chi connectivity index (χ3v) is 7.83. The summed E-state index contributed by atoms with van der Waals surface area (Å²) in [6.07, 6.45) is 1.90. The number of benzene rings is 2. The number of hydrogen-bond donors (Lipinski definition) is 1. The number of nitrogens with one attached hydrogen (secondary N) is 1. The molecule has 0 unspecified atom stereocenters. The Hall–Kier alpha value is -2.18. The van der Waals surface area contributed by atoms with Gasteiger partial charge in [-0.15, -0.1) is 0 Å². The third-order valence-electron chi connectivity index (χ3n) is 5.92. The number of amides is 1. The number of nitrogens with zero attached hydrogens (tertiary/aromatic N) is 1. The lowest BCUT2D eigenvalue weighted by molar-refractivity contribution is -0.132. The summed E-state index contributed by atoms with van der Waals surface area (Å²) in [7, 11) is -3.52. The van der Waals surface area contributed by atoms with Crippen LogP contribution in [0, 0.1) is 12.3 Å². The normalized spacial score (nSPS) is 17.1. The summed E-state index contributed by atoms with van der Waals surface area (Å²) < 4.78 is 27.4. The summed E-state index contributed by atoms with van der Waals surface area (Å²) >= 11 is 0. The fourth-order valence-corrected chi connectivity index (χ4v) is 5.04. The lowest BCUT2D eigenvalue weighted by Gasteiger charge is -2.37. The van der Waals surface area contributed by atoms with Crippen molar-refractivity contribution in [3.63, 3.8) is 0 Å². The standard InChI is InChI=1S/C23H30N2O3S/c1-4-19-9-11-21(12-10-19)29(27,28)25-15-13-23(3,14-16-25)22(26)24-17-20-7-5-18(2)6-8-20/h5-12H,4,13-17H2,1-3H3,(H,24,26).